The van der Waals surface area contributed by atoms with Gasteiger partial charge in [0, 0.05) is 32.6 Å². The number of hydrogen-bond donors (Lipinski definition) is 3. The van der Waals surface area contributed by atoms with Crippen LogP contribution < -0.4 is 11.1 Å². The first kappa shape index (κ1) is 12.9. The van der Waals surface area contributed by atoms with Gasteiger partial charge in [0.2, 0.25) is 5.91 Å². The lowest BCUT2D eigenvalue weighted by Gasteiger charge is -2.22. The van der Waals surface area contributed by atoms with Gasteiger partial charge in [0.05, 0.1) is 0 Å². The number of carbonyl (C=O) groups excluding carboxylic acids is 2. The van der Waals surface area contributed by atoms with Crippen molar-refractivity contribution in [2.45, 2.75) is 25.0 Å². The zero-order valence-corrected chi connectivity index (χ0v) is 9.64. The summed E-state index contributed by atoms with van der Waals surface area (Å²) in [6, 6.07) is -0.691. The van der Waals surface area contributed by atoms with Gasteiger partial charge in [0.1, 0.15) is 6.10 Å². The van der Waals surface area contributed by atoms with E-state index in [4.69, 9.17) is 5.73 Å². The molecule has 0 aromatic rings. The Morgan fingerprint density at radius 2 is 2.31 bits per heavy atom. The largest absolute Gasteiger partial charge is 0.382 e. The van der Waals surface area contributed by atoms with Gasteiger partial charge in [-0.15, -0.1) is 0 Å². The maximum atomic E-state index is 11.4. The van der Waals surface area contributed by atoms with Crippen LogP contribution in [0.3, 0.4) is 0 Å². The van der Waals surface area contributed by atoms with Crippen LogP contribution in [0.2, 0.25) is 0 Å². The van der Waals surface area contributed by atoms with Gasteiger partial charge >= 0.3 is 0 Å². The second kappa shape index (κ2) is 5.27. The average Bonchev–Trinajstić information content (AvgIpc) is 2.62. The molecule has 0 radical (unpaired) electrons. The number of carbonyl (C=O) groups is 2. The number of amides is 2. The Morgan fingerprint density at radius 3 is 2.75 bits per heavy atom. The molecule has 0 aromatic heterocycles. The summed E-state index contributed by atoms with van der Waals surface area (Å²) in [5, 5.41) is 12.3. The molecule has 6 nitrogen and oxygen atoms in total. The number of aliphatic hydroxyl groups is 1. The topological polar surface area (TPSA) is 95.7 Å². The summed E-state index contributed by atoms with van der Waals surface area (Å²) in [6.07, 6.45) is -0.175. The van der Waals surface area contributed by atoms with Crippen LogP contribution in [-0.2, 0) is 9.59 Å². The molecule has 3 atom stereocenters. The summed E-state index contributed by atoms with van der Waals surface area (Å²) in [5.41, 5.74) is 5.72. The first-order valence-corrected chi connectivity index (χ1v) is 5.36. The zero-order chi connectivity index (χ0) is 12.3. The summed E-state index contributed by atoms with van der Waals surface area (Å²) < 4.78 is 0. The summed E-state index contributed by atoms with van der Waals surface area (Å²) in [7, 11) is 3.11. The van der Waals surface area contributed by atoms with E-state index in [0.717, 1.165) is 6.42 Å². The summed E-state index contributed by atoms with van der Waals surface area (Å²) in [6.45, 7) is 0.647. The minimum absolute atomic E-state index is 0.0417. The Hall–Kier alpha value is -1.14. The molecule has 0 aliphatic carbocycles. The second-order valence-corrected chi connectivity index (χ2v) is 4.35. The van der Waals surface area contributed by atoms with Gasteiger partial charge in [-0.1, -0.05) is 0 Å². The molecule has 1 fully saturated rings. The monoisotopic (exact) mass is 229 g/mol. The molecule has 1 aliphatic rings. The number of rotatable bonds is 4. The minimum Gasteiger partial charge on any atom is -0.382 e. The van der Waals surface area contributed by atoms with Gasteiger partial charge < -0.3 is 21.1 Å². The predicted molar refractivity (Wildman–Crippen MR) is 58.4 cm³/mol. The van der Waals surface area contributed by atoms with Crippen LogP contribution in [0.15, 0.2) is 0 Å². The Bertz CT molecular complexity index is 280. The standard InChI is InChI=1S/C10H19N3O3/c1-13(2)10(16)8(14)7(11)5-6-3-4-12-9(6)15/h6-8,14H,3-5,11H2,1-2H3,(H,12,15). The minimum atomic E-state index is -1.23. The van der Waals surface area contributed by atoms with Gasteiger partial charge in [0.15, 0.2) is 0 Å². The highest BCUT2D eigenvalue weighted by Crippen LogP contribution is 2.17. The Labute approximate surface area is 94.8 Å². The van der Waals surface area contributed by atoms with Gasteiger partial charge in [-0.05, 0) is 12.8 Å². The van der Waals surface area contributed by atoms with E-state index in [0.29, 0.717) is 13.0 Å². The molecule has 1 aliphatic heterocycles. The Balaban J connectivity index is 2.48. The SMILES string of the molecule is CN(C)C(=O)C(O)C(N)CC1CCNC1=O. The average molecular weight is 229 g/mol. The lowest BCUT2D eigenvalue weighted by Crippen LogP contribution is -2.47. The van der Waals surface area contributed by atoms with Crippen molar-refractivity contribution in [2.24, 2.45) is 11.7 Å². The van der Waals surface area contributed by atoms with Crippen molar-refractivity contribution in [2.75, 3.05) is 20.6 Å². The highest BCUT2D eigenvalue weighted by Gasteiger charge is 2.31. The van der Waals surface area contributed by atoms with E-state index in [2.05, 4.69) is 5.32 Å². The molecule has 6 heteroatoms. The lowest BCUT2D eigenvalue weighted by atomic mass is 9.95. The van der Waals surface area contributed by atoms with Gasteiger partial charge in [-0.2, -0.15) is 0 Å². The van der Waals surface area contributed by atoms with Crippen LogP contribution in [0.25, 0.3) is 0 Å². The smallest absolute Gasteiger partial charge is 0.252 e. The molecule has 1 heterocycles. The van der Waals surface area contributed by atoms with E-state index in [-0.39, 0.29) is 11.8 Å². The van der Waals surface area contributed by atoms with Crippen LogP contribution in [0.4, 0.5) is 0 Å². The first-order valence-electron chi connectivity index (χ1n) is 5.36. The number of nitrogens with one attached hydrogen (secondary N) is 1. The van der Waals surface area contributed by atoms with E-state index in [1.54, 1.807) is 14.1 Å². The van der Waals surface area contributed by atoms with E-state index < -0.39 is 18.1 Å². The van der Waals surface area contributed by atoms with Crippen LogP contribution >= 0.6 is 0 Å². The molecule has 0 saturated carbocycles. The van der Waals surface area contributed by atoms with Crippen LogP contribution in [0.5, 0.6) is 0 Å². The normalized spacial score (nSPS) is 23.8. The summed E-state index contributed by atoms with van der Waals surface area (Å²) in [4.78, 5) is 24.0. The zero-order valence-electron chi connectivity index (χ0n) is 9.64. The highest BCUT2D eigenvalue weighted by molar-refractivity contribution is 5.82. The fourth-order valence-electron chi connectivity index (χ4n) is 1.78. The number of nitrogens with two attached hydrogens (primary N) is 1. The fourth-order valence-corrected chi connectivity index (χ4v) is 1.78. The summed E-state index contributed by atoms with van der Waals surface area (Å²) >= 11 is 0. The van der Waals surface area contributed by atoms with Crippen LogP contribution in [0.1, 0.15) is 12.8 Å². The van der Waals surface area contributed by atoms with Crippen molar-refractivity contribution in [3.05, 3.63) is 0 Å². The maximum Gasteiger partial charge on any atom is 0.252 e. The maximum absolute atomic E-state index is 11.4. The van der Waals surface area contributed by atoms with Gasteiger partial charge in [-0.3, -0.25) is 9.59 Å². The number of hydrogen-bond acceptors (Lipinski definition) is 4. The molecular formula is C10H19N3O3. The predicted octanol–water partition coefficient (Wildman–Crippen LogP) is -1.71. The third kappa shape index (κ3) is 2.93. The molecule has 0 spiro atoms. The van der Waals surface area contributed by atoms with Crippen molar-refractivity contribution in [3.63, 3.8) is 0 Å². The molecule has 0 aromatic carbocycles. The van der Waals surface area contributed by atoms with E-state index in [9.17, 15) is 14.7 Å². The van der Waals surface area contributed by atoms with Crippen molar-refractivity contribution in [1.29, 1.82) is 0 Å². The highest BCUT2D eigenvalue weighted by atomic mass is 16.3. The first-order chi connectivity index (χ1) is 7.43. The van der Waals surface area contributed by atoms with E-state index in [1.165, 1.54) is 4.90 Å². The molecule has 3 unspecified atom stereocenters. The Kier molecular flexibility index (Phi) is 4.26. The molecule has 16 heavy (non-hydrogen) atoms. The number of aliphatic hydroxyl groups excluding tert-OH is 1. The molecule has 92 valence electrons. The Morgan fingerprint density at radius 1 is 1.69 bits per heavy atom. The fraction of sp³-hybridized carbons (Fsp3) is 0.800. The summed E-state index contributed by atoms with van der Waals surface area (Å²) in [5.74, 6) is -0.648. The van der Waals surface area contributed by atoms with E-state index >= 15 is 0 Å². The van der Waals surface area contributed by atoms with E-state index in [1.807, 2.05) is 0 Å². The molecule has 0 bridgehead atoms. The third-order valence-corrected chi connectivity index (χ3v) is 2.82. The molecule has 2 amide bonds. The van der Waals surface area contributed by atoms with Crippen molar-refractivity contribution < 1.29 is 14.7 Å². The van der Waals surface area contributed by atoms with Crippen molar-refractivity contribution in [1.82, 2.24) is 10.2 Å². The lowest BCUT2D eigenvalue weighted by molar-refractivity contribution is -0.139. The van der Waals surface area contributed by atoms with Gasteiger partial charge in [-0.25, -0.2) is 0 Å². The molecule has 1 saturated heterocycles. The quantitative estimate of drug-likeness (QED) is 0.535. The van der Waals surface area contributed by atoms with Crippen molar-refractivity contribution in [3.8, 4) is 0 Å². The number of likely N-dealkylation sites (N-methyl/N-ethyl adjacent to an activating group) is 1. The van der Waals surface area contributed by atoms with Crippen LogP contribution in [0, 0.1) is 5.92 Å². The second-order valence-electron chi connectivity index (χ2n) is 4.35. The van der Waals surface area contributed by atoms with Crippen molar-refractivity contribution >= 4 is 11.8 Å². The molecular weight excluding hydrogens is 210 g/mol. The van der Waals surface area contributed by atoms with Crippen LogP contribution in [-0.4, -0.2) is 54.6 Å². The van der Waals surface area contributed by atoms with Gasteiger partial charge in [0.25, 0.3) is 5.91 Å². The molecule has 1 rings (SSSR count). The molecule has 4 N–H and O–H groups in total. The number of nitrogens with zero attached hydrogens (tertiary/aromatic N) is 1. The third-order valence-electron chi connectivity index (χ3n) is 2.82.